The van der Waals surface area contributed by atoms with Gasteiger partial charge in [0.2, 0.25) is 0 Å². The molecule has 0 bridgehead atoms. The van der Waals surface area contributed by atoms with E-state index in [9.17, 15) is 14.4 Å². The number of rotatable bonds is 5. The minimum absolute atomic E-state index is 0.238. The van der Waals surface area contributed by atoms with Crippen LogP contribution in [0.3, 0.4) is 0 Å². The molecule has 1 aromatic carbocycles. The zero-order chi connectivity index (χ0) is 19.9. The highest BCUT2D eigenvalue weighted by Gasteiger charge is 2.19. The van der Waals surface area contributed by atoms with E-state index in [1.807, 2.05) is 0 Å². The van der Waals surface area contributed by atoms with E-state index in [1.54, 1.807) is 32.9 Å². The number of nitrogens with zero attached hydrogens (tertiary/aromatic N) is 2. The Morgan fingerprint density at radius 2 is 1.62 bits per heavy atom. The number of hydrogen-bond donors (Lipinski definition) is 1. The Balaban J connectivity index is 2.77. The number of amides is 3. The molecule has 3 amide bonds. The molecule has 144 valence electrons. The van der Waals surface area contributed by atoms with Gasteiger partial charge in [-0.05, 0) is 44.0 Å². The Morgan fingerprint density at radius 1 is 1.08 bits per heavy atom. The van der Waals surface area contributed by atoms with Crippen molar-refractivity contribution in [2.45, 2.75) is 20.8 Å². The van der Waals surface area contributed by atoms with Crippen molar-refractivity contribution in [3.63, 3.8) is 0 Å². The highest BCUT2D eigenvalue weighted by molar-refractivity contribution is 7.95. The maximum Gasteiger partial charge on any atom is 0.426 e. The summed E-state index contributed by atoms with van der Waals surface area (Å²) in [6, 6.07) is 3.23. The maximum atomic E-state index is 12.2. The standard InChI is InChI=1S/C16H23N3O6S/c1-7-24-15(21)18(4)26-19(5)16(22)25-12-8-10(2)13(11(3)9-12)17-14(20)23-6/h8-9H,7H2,1-6H3,(H,17,20). The summed E-state index contributed by atoms with van der Waals surface area (Å²) in [4.78, 5) is 35.1. The number of ether oxygens (including phenoxy) is 3. The van der Waals surface area contributed by atoms with Crippen molar-refractivity contribution in [1.29, 1.82) is 0 Å². The summed E-state index contributed by atoms with van der Waals surface area (Å²) in [5.74, 6) is 0.312. The van der Waals surface area contributed by atoms with E-state index < -0.39 is 18.3 Å². The first-order valence-electron chi connectivity index (χ1n) is 7.69. The van der Waals surface area contributed by atoms with Crippen molar-refractivity contribution in [2.24, 2.45) is 0 Å². The molecule has 0 saturated carbocycles. The minimum atomic E-state index is -0.668. The lowest BCUT2D eigenvalue weighted by molar-refractivity contribution is 0.137. The van der Waals surface area contributed by atoms with Gasteiger partial charge >= 0.3 is 18.3 Å². The Hall–Kier alpha value is -2.62. The number of hydrogen-bond acceptors (Lipinski definition) is 7. The molecule has 0 heterocycles. The topological polar surface area (TPSA) is 97.4 Å². The molecule has 10 heteroatoms. The van der Waals surface area contributed by atoms with Crippen molar-refractivity contribution in [3.8, 4) is 5.75 Å². The van der Waals surface area contributed by atoms with Crippen molar-refractivity contribution in [2.75, 3.05) is 33.1 Å². The normalized spacial score (nSPS) is 9.92. The molecular weight excluding hydrogens is 362 g/mol. The molecule has 9 nitrogen and oxygen atoms in total. The van der Waals surface area contributed by atoms with Gasteiger partial charge < -0.3 is 14.2 Å². The zero-order valence-corrected chi connectivity index (χ0v) is 16.4. The summed E-state index contributed by atoms with van der Waals surface area (Å²) in [5.41, 5.74) is 2.00. The summed E-state index contributed by atoms with van der Waals surface area (Å²) < 4.78 is 17.0. The Bertz CT molecular complexity index is 659. The summed E-state index contributed by atoms with van der Waals surface area (Å²) in [7, 11) is 4.22. The van der Waals surface area contributed by atoms with Gasteiger partial charge in [0.25, 0.3) is 0 Å². The van der Waals surface area contributed by atoms with Crippen LogP contribution in [0, 0.1) is 13.8 Å². The van der Waals surface area contributed by atoms with Gasteiger partial charge in [-0.1, -0.05) is 0 Å². The summed E-state index contributed by atoms with van der Waals surface area (Å²) in [5, 5.41) is 2.61. The van der Waals surface area contributed by atoms with Crippen LogP contribution in [0.2, 0.25) is 0 Å². The highest BCUT2D eigenvalue weighted by atomic mass is 32.2. The molecule has 0 unspecified atom stereocenters. The van der Waals surface area contributed by atoms with Crippen LogP contribution in [-0.4, -0.2) is 54.7 Å². The van der Waals surface area contributed by atoms with E-state index in [1.165, 1.54) is 25.5 Å². The predicted octanol–water partition coefficient (Wildman–Crippen LogP) is 3.56. The number of nitrogens with one attached hydrogen (secondary N) is 1. The van der Waals surface area contributed by atoms with Gasteiger partial charge in [0.05, 0.1) is 31.5 Å². The third-order valence-electron chi connectivity index (χ3n) is 3.15. The molecule has 1 aromatic rings. The fourth-order valence-corrected chi connectivity index (χ4v) is 2.55. The summed E-state index contributed by atoms with van der Waals surface area (Å²) in [6.45, 7) is 5.46. The lowest BCUT2D eigenvalue weighted by atomic mass is 10.1. The van der Waals surface area contributed by atoms with E-state index in [-0.39, 0.29) is 6.61 Å². The van der Waals surface area contributed by atoms with Crippen LogP contribution in [0.5, 0.6) is 5.75 Å². The van der Waals surface area contributed by atoms with Gasteiger partial charge in [-0.15, -0.1) is 0 Å². The molecule has 1 N–H and O–H groups in total. The molecule has 0 aromatic heterocycles. The average molecular weight is 385 g/mol. The number of anilines is 1. The molecule has 0 aliphatic rings. The molecule has 0 radical (unpaired) electrons. The molecule has 26 heavy (non-hydrogen) atoms. The van der Waals surface area contributed by atoms with Crippen LogP contribution in [0.25, 0.3) is 0 Å². The smallest absolute Gasteiger partial charge is 0.426 e. The second-order valence-electron chi connectivity index (χ2n) is 5.19. The maximum absolute atomic E-state index is 12.2. The first-order chi connectivity index (χ1) is 12.2. The predicted molar refractivity (Wildman–Crippen MR) is 98.1 cm³/mol. The van der Waals surface area contributed by atoms with Crippen LogP contribution in [0.1, 0.15) is 18.1 Å². The van der Waals surface area contributed by atoms with E-state index >= 15 is 0 Å². The van der Waals surface area contributed by atoms with Gasteiger partial charge in [-0.3, -0.25) is 5.32 Å². The number of methoxy groups -OCH3 is 1. The van der Waals surface area contributed by atoms with Gasteiger partial charge in [-0.25, -0.2) is 23.0 Å². The number of carbonyl (C=O) groups excluding carboxylic acids is 3. The Labute approximate surface area is 156 Å². The van der Waals surface area contributed by atoms with Gasteiger partial charge in [0.15, 0.2) is 0 Å². The van der Waals surface area contributed by atoms with Crippen LogP contribution in [0.15, 0.2) is 12.1 Å². The summed E-state index contributed by atoms with van der Waals surface area (Å²) >= 11 is 0.842. The molecule has 0 fully saturated rings. The number of benzene rings is 1. The number of carbonyl (C=O) groups is 3. The van der Waals surface area contributed by atoms with Gasteiger partial charge in [-0.2, -0.15) is 0 Å². The monoisotopic (exact) mass is 385 g/mol. The van der Waals surface area contributed by atoms with Crippen molar-refractivity contribution in [1.82, 2.24) is 8.61 Å². The van der Waals surface area contributed by atoms with Crippen LogP contribution >= 0.6 is 12.1 Å². The van der Waals surface area contributed by atoms with Gasteiger partial charge in [0.1, 0.15) is 5.75 Å². The fourth-order valence-electron chi connectivity index (χ4n) is 1.96. The van der Waals surface area contributed by atoms with Crippen molar-refractivity contribution >= 4 is 36.1 Å². The molecule has 0 atom stereocenters. The minimum Gasteiger partial charge on any atom is -0.453 e. The second kappa shape index (κ2) is 9.76. The second-order valence-corrected chi connectivity index (χ2v) is 6.45. The van der Waals surface area contributed by atoms with Crippen LogP contribution in [0.4, 0.5) is 20.1 Å². The van der Waals surface area contributed by atoms with E-state index in [0.717, 1.165) is 16.4 Å². The van der Waals surface area contributed by atoms with E-state index in [0.29, 0.717) is 22.6 Å². The van der Waals surface area contributed by atoms with E-state index in [2.05, 4.69) is 10.1 Å². The lowest BCUT2D eigenvalue weighted by Gasteiger charge is -2.21. The number of aryl methyl sites for hydroxylation is 2. The van der Waals surface area contributed by atoms with Crippen molar-refractivity contribution in [3.05, 3.63) is 23.3 Å². The lowest BCUT2D eigenvalue weighted by Crippen LogP contribution is -2.31. The van der Waals surface area contributed by atoms with Crippen LogP contribution in [-0.2, 0) is 9.47 Å². The third-order valence-corrected chi connectivity index (χ3v) is 3.94. The largest absolute Gasteiger partial charge is 0.453 e. The van der Waals surface area contributed by atoms with E-state index in [4.69, 9.17) is 9.47 Å². The third kappa shape index (κ3) is 6.03. The highest BCUT2D eigenvalue weighted by Crippen LogP contribution is 2.27. The SMILES string of the molecule is CCOC(=O)N(C)SN(C)C(=O)Oc1cc(C)c(NC(=O)OC)c(C)c1. The zero-order valence-electron chi connectivity index (χ0n) is 15.6. The molecule has 0 saturated heterocycles. The first kappa shape index (κ1) is 21.4. The first-order valence-corrected chi connectivity index (χ1v) is 8.42. The Kier molecular flexibility index (Phi) is 8.04. The molecule has 1 rings (SSSR count). The molecule has 0 aliphatic carbocycles. The quantitative estimate of drug-likeness (QED) is 0.774. The average Bonchev–Trinajstić information content (AvgIpc) is 2.57. The van der Waals surface area contributed by atoms with Crippen molar-refractivity contribution < 1.29 is 28.6 Å². The van der Waals surface area contributed by atoms with Gasteiger partial charge in [0, 0.05) is 14.1 Å². The fraction of sp³-hybridized carbons (Fsp3) is 0.438. The molecular formula is C16H23N3O6S. The Morgan fingerprint density at radius 3 is 2.12 bits per heavy atom. The van der Waals surface area contributed by atoms with Crippen LogP contribution < -0.4 is 10.1 Å². The molecule has 0 spiro atoms. The molecule has 0 aliphatic heterocycles. The summed E-state index contributed by atoms with van der Waals surface area (Å²) in [6.07, 6.45) is -1.82.